The number of ether oxygens (including phenoxy) is 1. The lowest BCUT2D eigenvalue weighted by Crippen LogP contribution is -2.19. The topological polar surface area (TPSA) is 50.7 Å². The van der Waals surface area contributed by atoms with Crippen molar-refractivity contribution in [1.29, 1.82) is 0 Å². The molecule has 1 amide bonds. The smallest absolute Gasteiger partial charge is 0.234 e. The SMILES string of the molecule is Cc1ccc(NC(=O)CSC2=Nc3cc(C(C)(C)C)ccc3OC2)cc1. The average Bonchev–Trinajstić information content (AvgIpc) is 2.60. The first kappa shape index (κ1) is 18.5. The fourth-order valence-corrected chi connectivity index (χ4v) is 3.23. The molecule has 0 aromatic heterocycles. The van der Waals surface area contributed by atoms with E-state index in [4.69, 9.17) is 4.74 Å². The number of nitrogens with one attached hydrogen (secondary N) is 1. The fourth-order valence-electron chi connectivity index (χ4n) is 2.56. The maximum absolute atomic E-state index is 12.1. The van der Waals surface area contributed by atoms with Crippen LogP contribution in [0, 0.1) is 6.92 Å². The number of anilines is 1. The summed E-state index contributed by atoms with van der Waals surface area (Å²) in [5.74, 6) is 1.06. The van der Waals surface area contributed by atoms with Crippen molar-refractivity contribution >= 4 is 34.1 Å². The lowest BCUT2D eigenvalue weighted by molar-refractivity contribution is -0.113. The van der Waals surface area contributed by atoms with Crippen LogP contribution in [-0.4, -0.2) is 23.3 Å². The number of aliphatic imine (C=N–C) groups is 1. The van der Waals surface area contributed by atoms with E-state index in [0.717, 1.165) is 22.2 Å². The number of rotatable bonds is 3. The van der Waals surface area contributed by atoms with Gasteiger partial charge in [0.15, 0.2) is 0 Å². The molecule has 136 valence electrons. The second-order valence-corrected chi connectivity index (χ2v) is 8.48. The molecule has 0 unspecified atom stereocenters. The number of thioether (sulfide) groups is 1. The van der Waals surface area contributed by atoms with Crippen LogP contribution in [0.25, 0.3) is 0 Å². The number of benzene rings is 2. The maximum atomic E-state index is 12.1. The minimum Gasteiger partial charge on any atom is -0.484 e. The highest BCUT2D eigenvalue weighted by Crippen LogP contribution is 2.36. The van der Waals surface area contributed by atoms with Gasteiger partial charge >= 0.3 is 0 Å². The molecule has 3 rings (SSSR count). The van der Waals surface area contributed by atoms with E-state index < -0.39 is 0 Å². The molecule has 26 heavy (non-hydrogen) atoms. The van der Waals surface area contributed by atoms with Crippen molar-refractivity contribution in [3.63, 3.8) is 0 Å². The minimum atomic E-state index is -0.0456. The number of nitrogens with zero attached hydrogens (tertiary/aromatic N) is 1. The van der Waals surface area contributed by atoms with E-state index >= 15 is 0 Å². The lowest BCUT2D eigenvalue weighted by atomic mass is 9.87. The van der Waals surface area contributed by atoms with Crippen LogP contribution in [0.1, 0.15) is 31.9 Å². The highest BCUT2D eigenvalue weighted by molar-refractivity contribution is 8.14. The van der Waals surface area contributed by atoms with Gasteiger partial charge in [0.1, 0.15) is 23.1 Å². The van der Waals surface area contributed by atoms with Gasteiger partial charge in [0.05, 0.1) is 5.75 Å². The molecule has 0 radical (unpaired) electrons. The molecule has 4 nitrogen and oxygen atoms in total. The molecule has 1 N–H and O–H groups in total. The number of carbonyl (C=O) groups excluding carboxylic acids is 1. The van der Waals surface area contributed by atoms with Gasteiger partial charge in [-0.05, 0) is 42.2 Å². The van der Waals surface area contributed by atoms with Crippen LogP contribution in [0.5, 0.6) is 5.75 Å². The van der Waals surface area contributed by atoms with Gasteiger partial charge in [-0.2, -0.15) is 0 Å². The molecule has 2 aromatic rings. The Morgan fingerprint density at radius 1 is 1.19 bits per heavy atom. The zero-order chi connectivity index (χ0) is 18.7. The Morgan fingerprint density at radius 3 is 2.62 bits per heavy atom. The van der Waals surface area contributed by atoms with Crippen LogP contribution in [-0.2, 0) is 10.2 Å². The van der Waals surface area contributed by atoms with E-state index in [2.05, 4.69) is 43.2 Å². The molecule has 2 aromatic carbocycles. The molecule has 0 spiro atoms. The minimum absolute atomic E-state index is 0.0456. The summed E-state index contributed by atoms with van der Waals surface area (Å²) in [5.41, 5.74) is 4.09. The van der Waals surface area contributed by atoms with Crippen molar-refractivity contribution < 1.29 is 9.53 Å². The second kappa shape index (κ2) is 7.54. The van der Waals surface area contributed by atoms with Crippen molar-refractivity contribution in [2.45, 2.75) is 33.1 Å². The molecular weight excluding hydrogens is 344 g/mol. The molecule has 1 aliphatic heterocycles. The van der Waals surface area contributed by atoms with Crippen molar-refractivity contribution in [3.05, 3.63) is 53.6 Å². The van der Waals surface area contributed by atoms with Crippen LogP contribution in [0.3, 0.4) is 0 Å². The summed E-state index contributed by atoms with van der Waals surface area (Å²) in [7, 11) is 0. The third-order valence-corrected chi connectivity index (χ3v) is 5.08. The quantitative estimate of drug-likeness (QED) is 0.821. The van der Waals surface area contributed by atoms with E-state index in [1.165, 1.54) is 22.9 Å². The van der Waals surface area contributed by atoms with Gasteiger partial charge in [0.25, 0.3) is 0 Å². The molecule has 1 heterocycles. The van der Waals surface area contributed by atoms with Crippen LogP contribution < -0.4 is 10.1 Å². The monoisotopic (exact) mass is 368 g/mol. The predicted molar refractivity (Wildman–Crippen MR) is 110 cm³/mol. The number of aryl methyl sites for hydroxylation is 1. The van der Waals surface area contributed by atoms with Gasteiger partial charge in [-0.25, -0.2) is 4.99 Å². The Kier molecular flexibility index (Phi) is 5.37. The van der Waals surface area contributed by atoms with Gasteiger partial charge in [-0.1, -0.05) is 56.3 Å². The van der Waals surface area contributed by atoms with E-state index in [9.17, 15) is 4.79 Å². The van der Waals surface area contributed by atoms with Crippen LogP contribution in [0.4, 0.5) is 11.4 Å². The normalized spacial score (nSPS) is 13.5. The zero-order valence-electron chi connectivity index (χ0n) is 15.6. The number of hydrogen-bond acceptors (Lipinski definition) is 4. The summed E-state index contributed by atoms with van der Waals surface area (Å²) < 4.78 is 5.78. The van der Waals surface area contributed by atoms with Gasteiger partial charge in [-0.15, -0.1) is 0 Å². The molecule has 0 aliphatic carbocycles. The molecule has 1 aliphatic rings. The second-order valence-electron chi connectivity index (χ2n) is 7.43. The lowest BCUT2D eigenvalue weighted by Gasteiger charge is -2.22. The van der Waals surface area contributed by atoms with Crippen molar-refractivity contribution in [2.24, 2.45) is 4.99 Å². The Labute approximate surface area is 159 Å². The summed E-state index contributed by atoms with van der Waals surface area (Å²) in [5, 5.41) is 3.72. The molecule has 0 atom stereocenters. The molecular formula is C21H24N2O2S. The third kappa shape index (κ3) is 4.67. The third-order valence-electron chi connectivity index (χ3n) is 4.13. The molecule has 0 bridgehead atoms. The first-order chi connectivity index (χ1) is 12.3. The van der Waals surface area contributed by atoms with E-state index in [1.807, 2.05) is 37.3 Å². The number of hydrogen-bond donors (Lipinski definition) is 1. The molecule has 0 saturated carbocycles. The first-order valence-electron chi connectivity index (χ1n) is 8.65. The maximum Gasteiger partial charge on any atom is 0.234 e. The first-order valence-corrected chi connectivity index (χ1v) is 9.64. The number of amides is 1. The Balaban J connectivity index is 1.63. The summed E-state index contributed by atoms with van der Waals surface area (Å²) in [6.07, 6.45) is 0. The Bertz CT molecular complexity index is 836. The van der Waals surface area contributed by atoms with Gasteiger partial charge in [0.2, 0.25) is 5.91 Å². The van der Waals surface area contributed by atoms with Crippen LogP contribution in [0.2, 0.25) is 0 Å². The standard InChI is InChI=1S/C21H24N2O2S/c1-14-5-8-16(9-6-14)22-19(24)13-26-20-12-25-18-10-7-15(21(2,3)4)11-17(18)23-20/h5-11H,12-13H2,1-4H3,(H,22,24). The molecule has 0 saturated heterocycles. The largest absolute Gasteiger partial charge is 0.484 e. The summed E-state index contributed by atoms with van der Waals surface area (Å²) >= 11 is 1.42. The van der Waals surface area contributed by atoms with E-state index in [-0.39, 0.29) is 11.3 Å². The highest BCUT2D eigenvalue weighted by Gasteiger charge is 2.19. The van der Waals surface area contributed by atoms with Crippen molar-refractivity contribution in [3.8, 4) is 5.75 Å². The Hall–Kier alpha value is -2.27. The Morgan fingerprint density at radius 2 is 1.92 bits per heavy atom. The summed E-state index contributed by atoms with van der Waals surface area (Å²) in [4.78, 5) is 16.8. The van der Waals surface area contributed by atoms with Gasteiger partial charge < -0.3 is 10.1 Å². The number of fused-ring (bicyclic) bond motifs is 1. The fraction of sp³-hybridized carbons (Fsp3) is 0.333. The van der Waals surface area contributed by atoms with Crippen molar-refractivity contribution in [1.82, 2.24) is 0 Å². The summed E-state index contributed by atoms with van der Waals surface area (Å²) in [6.45, 7) is 8.95. The molecule has 5 heteroatoms. The highest BCUT2D eigenvalue weighted by atomic mass is 32.2. The van der Waals surface area contributed by atoms with E-state index in [0.29, 0.717) is 12.4 Å². The van der Waals surface area contributed by atoms with Gasteiger partial charge in [-0.3, -0.25) is 4.79 Å². The van der Waals surface area contributed by atoms with Crippen LogP contribution >= 0.6 is 11.8 Å². The predicted octanol–water partition coefficient (Wildman–Crippen LogP) is 5.09. The van der Waals surface area contributed by atoms with Gasteiger partial charge in [0, 0.05) is 5.69 Å². The molecule has 0 fully saturated rings. The average molecular weight is 369 g/mol. The summed E-state index contributed by atoms with van der Waals surface area (Å²) in [6, 6.07) is 13.9. The zero-order valence-corrected chi connectivity index (χ0v) is 16.4. The number of carbonyl (C=O) groups is 1. The van der Waals surface area contributed by atoms with E-state index in [1.54, 1.807) is 0 Å². The van der Waals surface area contributed by atoms with Crippen LogP contribution in [0.15, 0.2) is 47.5 Å². The van der Waals surface area contributed by atoms with Crippen molar-refractivity contribution in [2.75, 3.05) is 17.7 Å².